The maximum atomic E-state index is 13.4. The summed E-state index contributed by atoms with van der Waals surface area (Å²) in [6.45, 7) is 2.11. The molecule has 0 bridgehead atoms. The van der Waals surface area contributed by atoms with Crippen molar-refractivity contribution in [3.05, 3.63) is 65.8 Å². The standard InChI is InChI=1S/C18H15FN6OS/c1-2-12-6-8-13(9-7-12)17-20-16(26-22-17)11-27-18-21-23-24-25(18)15-5-3-4-14(19)10-15/h3-10H,2,11H2,1H3. The first-order valence-electron chi connectivity index (χ1n) is 8.32. The SMILES string of the molecule is CCc1ccc(-c2noc(CSc3nnnn3-c3cccc(F)c3)n2)cc1. The summed E-state index contributed by atoms with van der Waals surface area (Å²) in [7, 11) is 0. The van der Waals surface area contributed by atoms with E-state index in [0.29, 0.717) is 28.3 Å². The molecule has 0 spiro atoms. The topological polar surface area (TPSA) is 82.5 Å². The molecular formula is C18H15FN6OS. The zero-order valence-electron chi connectivity index (χ0n) is 14.4. The van der Waals surface area contributed by atoms with Gasteiger partial charge in [0.1, 0.15) is 5.82 Å². The van der Waals surface area contributed by atoms with Gasteiger partial charge in [-0.1, -0.05) is 54.2 Å². The van der Waals surface area contributed by atoms with Gasteiger partial charge in [0.15, 0.2) is 0 Å². The molecule has 9 heteroatoms. The van der Waals surface area contributed by atoms with Gasteiger partial charge in [-0.05, 0) is 40.6 Å². The Morgan fingerprint density at radius 2 is 2.00 bits per heavy atom. The minimum absolute atomic E-state index is 0.352. The Bertz CT molecular complexity index is 1050. The monoisotopic (exact) mass is 382 g/mol. The van der Waals surface area contributed by atoms with Crippen LogP contribution in [-0.4, -0.2) is 30.3 Å². The molecule has 0 aliphatic carbocycles. The molecule has 136 valence electrons. The van der Waals surface area contributed by atoms with Gasteiger partial charge in [0, 0.05) is 5.56 Å². The third-order valence-corrected chi connectivity index (χ3v) is 4.81. The van der Waals surface area contributed by atoms with Crippen LogP contribution in [0, 0.1) is 5.82 Å². The van der Waals surface area contributed by atoms with Crippen molar-refractivity contribution in [2.24, 2.45) is 0 Å². The van der Waals surface area contributed by atoms with Gasteiger partial charge in [-0.2, -0.15) is 9.67 Å². The van der Waals surface area contributed by atoms with Crippen molar-refractivity contribution in [3.8, 4) is 17.1 Å². The molecule has 0 atom stereocenters. The minimum Gasteiger partial charge on any atom is -0.338 e. The fourth-order valence-electron chi connectivity index (χ4n) is 2.49. The lowest BCUT2D eigenvalue weighted by atomic mass is 10.1. The Hall–Kier alpha value is -3.07. The molecule has 0 amide bonds. The first kappa shape index (κ1) is 17.3. The molecule has 0 N–H and O–H groups in total. The van der Waals surface area contributed by atoms with E-state index in [0.717, 1.165) is 12.0 Å². The van der Waals surface area contributed by atoms with Gasteiger partial charge < -0.3 is 4.52 Å². The quantitative estimate of drug-likeness (QED) is 0.470. The van der Waals surface area contributed by atoms with Crippen molar-refractivity contribution in [1.29, 1.82) is 0 Å². The van der Waals surface area contributed by atoms with Gasteiger partial charge in [-0.3, -0.25) is 0 Å². The lowest BCUT2D eigenvalue weighted by Crippen LogP contribution is -1.99. The van der Waals surface area contributed by atoms with Crippen LogP contribution in [0.1, 0.15) is 18.4 Å². The van der Waals surface area contributed by atoms with Crippen LogP contribution in [0.4, 0.5) is 4.39 Å². The van der Waals surface area contributed by atoms with E-state index in [4.69, 9.17) is 4.52 Å². The molecule has 0 aliphatic rings. The highest BCUT2D eigenvalue weighted by Gasteiger charge is 2.13. The van der Waals surface area contributed by atoms with Crippen LogP contribution < -0.4 is 0 Å². The van der Waals surface area contributed by atoms with Gasteiger partial charge >= 0.3 is 0 Å². The average molecular weight is 382 g/mol. The van der Waals surface area contributed by atoms with Gasteiger partial charge in [-0.25, -0.2) is 4.39 Å². The zero-order valence-corrected chi connectivity index (χ0v) is 15.2. The second-order valence-electron chi connectivity index (χ2n) is 5.70. The highest BCUT2D eigenvalue weighted by molar-refractivity contribution is 7.98. The van der Waals surface area contributed by atoms with E-state index in [1.54, 1.807) is 12.1 Å². The summed E-state index contributed by atoms with van der Waals surface area (Å²) in [6, 6.07) is 14.1. The summed E-state index contributed by atoms with van der Waals surface area (Å²) in [6.07, 6.45) is 0.981. The van der Waals surface area contributed by atoms with Crippen LogP contribution >= 0.6 is 11.8 Å². The fourth-order valence-corrected chi connectivity index (χ4v) is 3.21. The molecular weight excluding hydrogens is 367 g/mol. The number of aryl methyl sites for hydroxylation is 1. The van der Waals surface area contributed by atoms with Gasteiger partial charge in [0.25, 0.3) is 0 Å². The normalized spacial score (nSPS) is 11.0. The van der Waals surface area contributed by atoms with Crippen molar-refractivity contribution >= 4 is 11.8 Å². The Balaban J connectivity index is 1.47. The maximum absolute atomic E-state index is 13.4. The zero-order chi connectivity index (χ0) is 18.6. The van der Waals surface area contributed by atoms with Crippen molar-refractivity contribution in [3.63, 3.8) is 0 Å². The molecule has 2 aromatic carbocycles. The maximum Gasteiger partial charge on any atom is 0.237 e. The van der Waals surface area contributed by atoms with E-state index < -0.39 is 0 Å². The number of aromatic nitrogens is 6. The number of benzene rings is 2. The largest absolute Gasteiger partial charge is 0.338 e. The number of thioether (sulfide) groups is 1. The molecule has 0 radical (unpaired) electrons. The molecule has 0 saturated carbocycles. The summed E-state index contributed by atoms with van der Waals surface area (Å²) in [5.41, 5.74) is 2.70. The second kappa shape index (κ2) is 7.67. The summed E-state index contributed by atoms with van der Waals surface area (Å²) in [5.74, 6) is 1.05. The fraction of sp³-hybridized carbons (Fsp3) is 0.167. The van der Waals surface area contributed by atoms with E-state index >= 15 is 0 Å². The van der Waals surface area contributed by atoms with Crippen LogP contribution in [0.15, 0.2) is 58.2 Å². The predicted molar refractivity (Wildman–Crippen MR) is 97.8 cm³/mol. The number of tetrazole rings is 1. The highest BCUT2D eigenvalue weighted by atomic mass is 32.2. The Morgan fingerprint density at radius 3 is 2.78 bits per heavy atom. The third kappa shape index (κ3) is 3.87. The van der Waals surface area contributed by atoms with Gasteiger partial charge in [0.05, 0.1) is 11.4 Å². The first-order valence-corrected chi connectivity index (χ1v) is 9.30. The second-order valence-corrected chi connectivity index (χ2v) is 6.65. The number of hydrogen-bond donors (Lipinski definition) is 0. The van der Waals surface area contributed by atoms with Crippen molar-refractivity contribution in [2.45, 2.75) is 24.3 Å². The molecule has 2 aromatic heterocycles. The van der Waals surface area contributed by atoms with E-state index in [-0.39, 0.29) is 5.82 Å². The summed E-state index contributed by atoms with van der Waals surface area (Å²) < 4.78 is 20.2. The molecule has 4 aromatic rings. The van der Waals surface area contributed by atoms with Crippen molar-refractivity contribution in [2.75, 3.05) is 0 Å². The molecule has 7 nitrogen and oxygen atoms in total. The van der Waals surface area contributed by atoms with E-state index in [1.807, 2.05) is 24.3 Å². The van der Waals surface area contributed by atoms with Crippen LogP contribution in [0.25, 0.3) is 17.1 Å². The molecule has 0 saturated heterocycles. The van der Waals surface area contributed by atoms with Crippen LogP contribution in [0.3, 0.4) is 0 Å². The Labute approximate surface area is 158 Å². The van der Waals surface area contributed by atoms with Crippen LogP contribution in [0.2, 0.25) is 0 Å². The van der Waals surface area contributed by atoms with Crippen LogP contribution in [-0.2, 0) is 12.2 Å². The molecule has 27 heavy (non-hydrogen) atoms. The van der Waals surface area contributed by atoms with Crippen molar-refractivity contribution in [1.82, 2.24) is 30.3 Å². The molecule has 0 fully saturated rings. The predicted octanol–water partition coefficient (Wildman–Crippen LogP) is 3.71. The Kier molecular flexibility index (Phi) is 4.93. The summed E-state index contributed by atoms with van der Waals surface area (Å²) >= 11 is 1.33. The lowest BCUT2D eigenvalue weighted by Gasteiger charge is -2.02. The lowest BCUT2D eigenvalue weighted by molar-refractivity contribution is 0.391. The Morgan fingerprint density at radius 1 is 1.15 bits per heavy atom. The van der Waals surface area contributed by atoms with E-state index in [9.17, 15) is 4.39 Å². The molecule has 0 aliphatic heterocycles. The number of rotatable bonds is 6. The highest BCUT2D eigenvalue weighted by Crippen LogP contribution is 2.24. The molecule has 2 heterocycles. The van der Waals surface area contributed by atoms with Gasteiger partial charge in [-0.15, -0.1) is 5.10 Å². The first-order chi connectivity index (χ1) is 13.2. The number of halogens is 1. The smallest absolute Gasteiger partial charge is 0.237 e. The average Bonchev–Trinajstić information content (AvgIpc) is 3.36. The molecule has 0 unspecified atom stereocenters. The van der Waals surface area contributed by atoms with Crippen LogP contribution in [0.5, 0.6) is 0 Å². The number of hydrogen-bond acceptors (Lipinski definition) is 7. The van der Waals surface area contributed by atoms with Gasteiger partial charge in [0.2, 0.25) is 16.9 Å². The summed E-state index contributed by atoms with van der Waals surface area (Å²) in [4.78, 5) is 4.42. The third-order valence-electron chi connectivity index (χ3n) is 3.91. The van der Waals surface area contributed by atoms with E-state index in [1.165, 1.54) is 34.1 Å². The summed E-state index contributed by atoms with van der Waals surface area (Å²) in [5, 5.41) is 16.1. The number of nitrogens with zero attached hydrogens (tertiary/aromatic N) is 6. The van der Waals surface area contributed by atoms with Crippen molar-refractivity contribution < 1.29 is 8.91 Å². The van der Waals surface area contributed by atoms with E-state index in [2.05, 4.69) is 32.6 Å². The molecule has 4 rings (SSSR count). The minimum atomic E-state index is -0.352.